The Balaban J connectivity index is 1.88. The summed E-state index contributed by atoms with van der Waals surface area (Å²) in [5.74, 6) is 0.515. The third kappa shape index (κ3) is 4.22. The van der Waals surface area contributed by atoms with Gasteiger partial charge in [0.15, 0.2) is 0 Å². The standard InChI is InChI=1S/C16H21ClN2S/c1-3-19(15-7-4-6-13(2)10-15)9-5-8-16-18-14(11-17)12-20-16/h4,6-7,10,12H,3,5,8-9,11H2,1-2H3. The maximum Gasteiger partial charge on any atom is 0.0929 e. The van der Waals surface area contributed by atoms with Crippen LogP contribution in [0.3, 0.4) is 0 Å². The molecule has 20 heavy (non-hydrogen) atoms. The number of aromatic nitrogens is 1. The van der Waals surface area contributed by atoms with Crippen LogP contribution in [0.15, 0.2) is 29.6 Å². The molecule has 0 radical (unpaired) electrons. The van der Waals surface area contributed by atoms with Gasteiger partial charge < -0.3 is 4.90 Å². The Kier molecular flexibility index (Phi) is 5.86. The molecule has 0 atom stereocenters. The van der Waals surface area contributed by atoms with Gasteiger partial charge in [-0.3, -0.25) is 0 Å². The highest BCUT2D eigenvalue weighted by molar-refractivity contribution is 7.09. The highest BCUT2D eigenvalue weighted by Crippen LogP contribution is 2.18. The van der Waals surface area contributed by atoms with E-state index in [-0.39, 0.29) is 0 Å². The van der Waals surface area contributed by atoms with E-state index in [2.05, 4.69) is 53.4 Å². The smallest absolute Gasteiger partial charge is 0.0929 e. The Hall–Kier alpha value is -1.06. The lowest BCUT2D eigenvalue weighted by atomic mass is 10.2. The number of rotatable bonds is 7. The van der Waals surface area contributed by atoms with Gasteiger partial charge in [0.1, 0.15) is 0 Å². The molecular formula is C16H21ClN2S. The second-order valence-electron chi connectivity index (χ2n) is 4.89. The maximum absolute atomic E-state index is 5.78. The zero-order valence-corrected chi connectivity index (χ0v) is 13.7. The Labute approximate surface area is 130 Å². The zero-order valence-electron chi connectivity index (χ0n) is 12.1. The predicted octanol–water partition coefficient (Wildman–Crippen LogP) is 4.65. The summed E-state index contributed by atoms with van der Waals surface area (Å²) in [4.78, 5) is 6.93. The average Bonchev–Trinajstić information content (AvgIpc) is 2.91. The van der Waals surface area contributed by atoms with Crippen LogP contribution >= 0.6 is 22.9 Å². The lowest BCUT2D eigenvalue weighted by Gasteiger charge is -2.23. The van der Waals surface area contributed by atoms with Crippen molar-refractivity contribution in [1.29, 1.82) is 0 Å². The van der Waals surface area contributed by atoms with Crippen molar-refractivity contribution in [2.45, 2.75) is 32.6 Å². The molecule has 2 rings (SSSR count). The first-order valence-corrected chi connectivity index (χ1v) is 8.45. The van der Waals surface area contributed by atoms with E-state index in [1.807, 2.05) is 0 Å². The number of halogens is 1. The molecule has 0 bridgehead atoms. The fourth-order valence-corrected chi connectivity index (χ4v) is 3.31. The third-order valence-electron chi connectivity index (χ3n) is 3.30. The van der Waals surface area contributed by atoms with Gasteiger partial charge in [0.2, 0.25) is 0 Å². The molecule has 0 unspecified atom stereocenters. The van der Waals surface area contributed by atoms with Crippen molar-refractivity contribution in [2.24, 2.45) is 0 Å². The molecule has 0 amide bonds. The Morgan fingerprint density at radius 2 is 2.20 bits per heavy atom. The van der Waals surface area contributed by atoms with Crippen LogP contribution in [-0.4, -0.2) is 18.1 Å². The monoisotopic (exact) mass is 308 g/mol. The minimum Gasteiger partial charge on any atom is -0.372 e. The van der Waals surface area contributed by atoms with Crippen LogP contribution in [0.5, 0.6) is 0 Å². The number of alkyl halides is 1. The topological polar surface area (TPSA) is 16.1 Å². The van der Waals surface area contributed by atoms with E-state index in [1.54, 1.807) is 11.3 Å². The largest absolute Gasteiger partial charge is 0.372 e. The van der Waals surface area contributed by atoms with Crippen molar-refractivity contribution in [2.75, 3.05) is 18.0 Å². The van der Waals surface area contributed by atoms with E-state index >= 15 is 0 Å². The number of aryl methyl sites for hydroxylation is 2. The summed E-state index contributed by atoms with van der Waals surface area (Å²) >= 11 is 7.50. The summed E-state index contributed by atoms with van der Waals surface area (Å²) < 4.78 is 0. The van der Waals surface area contributed by atoms with Crippen molar-refractivity contribution < 1.29 is 0 Å². The summed E-state index contributed by atoms with van der Waals surface area (Å²) in [5.41, 5.74) is 3.62. The van der Waals surface area contributed by atoms with Gasteiger partial charge in [-0.1, -0.05) is 12.1 Å². The molecular weight excluding hydrogens is 288 g/mol. The van der Waals surface area contributed by atoms with Crippen LogP contribution in [0.25, 0.3) is 0 Å². The number of hydrogen-bond donors (Lipinski definition) is 0. The van der Waals surface area contributed by atoms with Crippen LogP contribution in [0, 0.1) is 6.92 Å². The SMILES string of the molecule is CCN(CCCc1nc(CCl)cs1)c1cccc(C)c1. The van der Waals surface area contributed by atoms with Gasteiger partial charge in [-0.15, -0.1) is 22.9 Å². The first-order chi connectivity index (χ1) is 9.72. The number of thiazole rings is 1. The van der Waals surface area contributed by atoms with Crippen LogP contribution in [0.1, 0.15) is 29.6 Å². The molecule has 0 aliphatic heterocycles. The quantitative estimate of drug-likeness (QED) is 0.692. The van der Waals surface area contributed by atoms with Gasteiger partial charge in [-0.05, 0) is 38.0 Å². The molecule has 2 aromatic rings. The molecule has 0 saturated heterocycles. The molecule has 2 nitrogen and oxygen atoms in total. The normalized spacial score (nSPS) is 10.8. The molecule has 0 aliphatic rings. The summed E-state index contributed by atoms with van der Waals surface area (Å²) in [6, 6.07) is 8.70. The predicted molar refractivity (Wildman–Crippen MR) is 89.1 cm³/mol. The van der Waals surface area contributed by atoms with Crippen molar-refractivity contribution >= 4 is 28.6 Å². The van der Waals surface area contributed by atoms with Crippen molar-refractivity contribution in [3.8, 4) is 0 Å². The molecule has 1 aromatic carbocycles. The number of benzene rings is 1. The van der Waals surface area contributed by atoms with Gasteiger partial charge in [0, 0.05) is 30.6 Å². The molecule has 0 N–H and O–H groups in total. The number of hydrogen-bond acceptors (Lipinski definition) is 3. The Morgan fingerprint density at radius 3 is 2.85 bits per heavy atom. The summed E-state index contributed by atoms with van der Waals surface area (Å²) in [7, 11) is 0. The molecule has 1 aromatic heterocycles. The van der Waals surface area contributed by atoms with Gasteiger partial charge >= 0.3 is 0 Å². The molecule has 0 spiro atoms. The molecule has 1 heterocycles. The van der Waals surface area contributed by atoms with Gasteiger partial charge in [0.25, 0.3) is 0 Å². The first-order valence-electron chi connectivity index (χ1n) is 7.03. The van der Waals surface area contributed by atoms with Gasteiger partial charge in [0.05, 0.1) is 16.6 Å². The highest BCUT2D eigenvalue weighted by atomic mass is 35.5. The third-order valence-corrected chi connectivity index (χ3v) is 4.53. The average molecular weight is 309 g/mol. The van der Waals surface area contributed by atoms with Crippen molar-refractivity contribution in [3.05, 3.63) is 45.9 Å². The van der Waals surface area contributed by atoms with E-state index in [0.717, 1.165) is 31.6 Å². The minimum atomic E-state index is 0.515. The molecule has 0 aliphatic carbocycles. The number of nitrogens with zero attached hydrogens (tertiary/aromatic N) is 2. The van der Waals surface area contributed by atoms with E-state index in [1.165, 1.54) is 16.3 Å². The van der Waals surface area contributed by atoms with E-state index in [9.17, 15) is 0 Å². The summed E-state index contributed by atoms with van der Waals surface area (Å²) in [6.45, 7) is 6.45. The van der Waals surface area contributed by atoms with Crippen LogP contribution in [0.4, 0.5) is 5.69 Å². The molecule has 4 heteroatoms. The summed E-state index contributed by atoms with van der Waals surface area (Å²) in [6.07, 6.45) is 2.15. The second-order valence-corrected chi connectivity index (χ2v) is 6.10. The Morgan fingerprint density at radius 1 is 1.35 bits per heavy atom. The Bertz CT molecular complexity index is 539. The lowest BCUT2D eigenvalue weighted by molar-refractivity contribution is 0.742. The van der Waals surface area contributed by atoms with E-state index in [0.29, 0.717) is 5.88 Å². The first kappa shape index (κ1) is 15.3. The second kappa shape index (κ2) is 7.65. The van der Waals surface area contributed by atoms with E-state index in [4.69, 9.17) is 11.6 Å². The zero-order chi connectivity index (χ0) is 14.4. The fraction of sp³-hybridized carbons (Fsp3) is 0.438. The maximum atomic E-state index is 5.78. The van der Waals surface area contributed by atoms with Crippen molar-refractivity contribution in [1.82, 2.24) is 4.98 Å². The lowest BCUT2D eigenvalue weighted by Crippen LogP contribution is -2.24. The van der Waals surface area contributed by atoms with Crippen LogP contribution in [-0.2, 0) is 12.3 Å². The molecule has 0 fully saturated rings. The van der Waals surface area contributed by atoms with E-state index < -0.39 is 0 Å². The van der Waals surface area contributed by atoms with Crippen LogP contribution in [0.2, 0.25) is 0 Å². The van der Waals surface area contributed by atoms with Crippen molar-refractivity contribution in [3.63, 3.8) is 0 Å². The fourth-order valence-electron chi connectivity index (χ4n) is 2.24. The molecule has 108 valence electrons. The number of anilines is 1. The molecule has 0 saturated carbocycles. The summed E-state index contributed by atoms with van der Waals surface area (Å²) in [5, 5.41) is 3.25. The van der Waals surface area contributed by atoms with Gasteiger partial charge in [-0.2, -0.15) is 0 Å². The van der Waals surface area contributed by atoms with Crippen LogP contribution < -0.4 is 4.90 Å². The minimum absolute atomic E-state index is 0.515. The van der Waals surface area contributed by atoms with Gasteiger partial charge in [-0.25, -0.2) is 4.98 Å². The highest BCUT2D eigenvalue weighted by Gasteiger charge is 2.06.